The third-order valence-corrected chi connectivity index (χ3v) is 6.36. The van der Waals surface area contributed by atoms with Crippen LogP contribution in [0.1, 0.15) is 50.5 Å². The van der Waals surface area contributed by atoms with Crippen LogP contribution in [0.5, 0.6) is 0 Å². The molecular weight excluding hydrogens is 335 g/mol. The van der Waals surface area contributed by atoms with Gasteiger partial charge in [-0.15, -0.1) is 11.3 Å². The molecule has 0 bridgehead atoms. The van der Waals surface area contributed by atoms with Crippen LogP contribution in [0.2, 0.25) is 0 Å². The van der Waals surface area contributed by atoms with E-state index in [-0.39, 0.29) is 17.0 Å². The number of ketones is 1. The fraction of sp³-hybridized carbons (Fsp3) is 0.400. The van der Waals surface area contributed by atoms with Gasteiger partial charge in [0.05, 0.1) is 15.8 Å². The quantitative estimate of drug-likeness (QED) is 0.819. The summed E-state index contributed by atoms with van der Waals surface area (Å²) >= 11 is 1.53. The van der Waals surface area contributed by atoms with E-state index in [0.29, 0.717) is 12.8 Å². The number of halogens is 1. The molecule has 1 N–H and O–H groups in total. The van der Waals surface area contributed by atoms with E-state index in [1.54, 1.807) is 17.6 Å². The summed E-state index contributed by atoms with van der Waals surface area (Å²) in [7, 11) is 0. The molecule has 1 aromatic carbocycles. The van der Waals surface area contributed by atoms with E-state index in [9.17, 15) is 9.18 Å². The van der Waals surface area contributed by atoms with Gasteiger partial charge in [0.15, 0.2) is 5.78 Å². The summed E-state index contributed by atoms with van der Waals surface area (Å²) in [5.74, 6) is 0.685. The van der Waals surface area contributed by atoms with Gasteiger partial charge < -0.3 is 5.32 Å². The molecule has 0 amide bonds. The Kier molecular flexibility index (Phi) is 3.62. The lowest BCUT2D eigenvalue weighted by Crippen LogP contribution is -2.43. The maximum absolute atomic E-state index is 14.0. The normalized spacial score (nSPS) is 24.6. The number of carbonyl (C=O) groups excluding carboxylic acids is 1. The summed E-state index contributed by atoms with van der Waals surface area (Å²) < 4.78 is 14.0. The SMILES string of the molecule is CC[C@]1(c2cccc(F)c2)C2=C(CC(C)(C)CC2=O)Nc2ncsc21. The van der Waals surface area contributed by atoms with Crippen molar-refractivity contribution < 1.29 is 9.18 Å². The summed E-state index contributed by atoms with van der Waals surface area (Å²) in [6, 6.07) is 6.67. The second kappa shape index (κ2) is 5.49. The van der Waals surface area contributed by atoms with E-state index in [2.05, 4.69) is 31.1 Å². The fourth-order valence-electron chi connectivity index (χ4n) is 4.39. The highest BCUT2D eigenvalue weighted by atomic mass is 32.1. The minimum Gasteiger partial charge on any atom is -0.342 e. The number of thiazole rings is 1. The van der Waals surface area contributed by atoms with Crippen LogP contribution in [-0.4, -0.2) is 10.8 Å². The Morgan fingerprint density at radius 1 is 1.32 bits per heavy atom. The molecule has 0 radical (unpaired) electrons. The number of nitrogens with one attached hydrogen (secondary N) is 1. The van der Waals surface area contributed by atoms with Gasteiger partial charge >= 0.3 is 0 Å². The van der Waals surface area contributed by atoms with Gasteiger partial charge in [-0.1, -0.05) is 32.9 Å². The number of aromatic nitrogens is 1. The molecule has 130 valence electrons. The molecular formula is C20H21FN2OS. The van der Waals surface area contributed by atoms with Crippen molar-refractivity contribution in [3.05, 3.63) is 57.3 Å². The minimum atomic E-state index is -0.618. The number of anilines is 1. The summed E-state index contributed by atoms with van der Waals surface area (Å²) in [6.45, 7) is 6.29. The van der Waals surface area contributed by atoms with E-state index in [1.165, 1.54) is 17.4 Å². The number of rotatable bonds is 2. The van der Waals surface area contributed by atoms with Crippen molar-refractivity contribution in [1.29, 1.82) is 0 Å². The zero-order valence-electron chi connectivity index (χ0n) is 14.6. The van der Waals surface area contributed by atoms with Gasteiger partial charge in [0.25, 0.3) is 0 Å². The first kappa shape index (κ1) is 16.5. The minimum absolute atomic E-state index is 0.0855. The average Bonchev–Trinajstić information content (AvgIpc) is 3.00. The molecule has 2 aromatic rings. The van der Waals surface area contributed by atoms with Crippen LogP contribution < -0.4 is 5.32 Å². The number of benzene rings is 1. The zero-order chi connectivity index (χ0) is 17.8. The van der Waals surface area contributed by atoms with E-state index in [1.807, 2.05) is 6.07 Å². The largest absolute Gasteiger partial charge is 0.342 e. The van der Waals surface area contributed by atoms with E-state index >= 15 is 0 Å². The van der Waals surface area contributed by atoms with Crippen LogP contribution in [0, 0.1) is 11.2 Å². The van der Waals surface area contributed by atoms with Gasteiger partial charge in [0, 0.05) is 17.7 Å². The lowest BCUT2D eigenvalue weighted by Gasteiger charge is -2.44. The van der Waals surface area contributed by atoms with Gasteiger partial charge in [-0.3, -0.25) is 4.79 Å². The topological polar surface area (TPSA) is 42.0 Å². The number of fused-ring (bicyclic) bond motifs is 1. The summed E-state index contributed by atoms with van der Waals surface area (Å²) in [4.78, 5) is 18.7. The lowest BCUT2D eigenvalue weighted by atomic mass is 9.62. The third-order valence-electron chi connectivity index (χ3n) is 5.37. The molecule has 4 rings (SSSR count). The number of hydrogen-bond donors (Lipinski definition) is 1. The molecule has 0 saturated carbocycles. The second-order valence-corrected chi connectivity index (χ2v) is 8.57. The Morgan fingerprint density at radius 3 is 2.84 bits per heavy atom. The van der Waals surface area contributed by atoms with Crippen molar-refractivity contribution in [3.63, 3.8) is 0 Å². The number of hydrogen-bond acceptors (Lipinski definition) is 4. The molecule has 0 fully saturated rings. The number of carbonyl (C=O) groups is 1. The van der Waals surface area contributed by atoms with Crippen molar-refractivity contribution in [1.82, 2.24) is 4.98 Å². The Bertz CT molecular complexity index is 899. The van der Waals surface area contributed by atoms with Crippen molar-refractivity contribution in [2.24, 2.45) is 5.41 Å². The molecule has 1 atom stereocenters. The molecule has 0 saturated heterocycles. The predicted octanol–water partition coefficient (Wildman–Crippen LogP) is 5.05. The molecule has 2 heterocycles. The van der Waals surface area contributed by atoms with E-state index < -0.39 is 5.41 Å². The smallest absolute Gasteiger partial charge is 0.162 e. The number of Topliss-reactive ketones (excluding diaryl/α,β-unsaturated/α-hetero) is 1. The van der Waals surface area contributed by atoms with Gasteiger partial charge in [-0.25, -0.2) is 9.37 Å². The van der Waals surface area contributed by atoms with Gasteiger partial charge in [-0.05, 0) is 36.0 Å². The third kappa shape index (κ3) is 2.36. The van der Waals surface area contributed by atoms with E-state index in [0.717, 1.165) is 33.9 Å². The van der Waals surface area contributed by atoms with Gasteiger partial charge in [0.2, 0.25) is 0 Å². The monoisotopic (exact) mass is 356 g/mol. The maximum Gasteiger partial charge on any atom is 0.162 e. The van der Waals surface area contributed by atoms with Crippen LogP contribution in [0.3, 0.4) is 0 Å². The number of allylic oxidation sites excluding steroid dienone is 2. The molecule has 0 unspecified atom stereocenters. The Balaban J connectivity index is 2.04. The molecule has 1 aromatic heterocycles. The summed E-state index contributed by atoms with van der Waals surface area (Å²) in [6.07, 6.45) is 2.00. The molecule has 1 aliphatic carbocycles. The molecule has 2 aliphatic rings. The van der Waals surface area contributed by atoms with Gasteiger partial charge in [-0.2, -0.15) is 0 Å². The van der Waals surface area contributed by atoms with Crippen LogP contribution in [-0.2, 0) is 10.2 Å². The van der Waals surface area contributed by atoms with Crippen molar-refractivity contribution in [3.8, 4) is 0 Å². The highest BCUT2D eigenvalue weighted by Crippen LogP contribution is 2.55. The van der Waals surface area contributed by atoms with Crippen molar-refractivity contribution >= 4 is 22.9 Å². The highest BCUT2D eigenvalue weighted by Gasteiger charge is 2.50. The number of nitrogens with zero attached hydrogens (tertiary/aromatic N) is 1. The molecule has 25 heavy (non-hydrogen) atoms. The second-order valence-electron chi connectivity index (χ2n) is 7.72. The molecule has 1 aliphatic heterocycles. The highest BCUT2D eigenvalue weighted by molar-refractivity contribution is 7.10. The Morgan fingerprint density at radius 2 is 2.12 bits per heavy atom. The summed E-state index contributed by atoms with van der Waals surface area (Å²) in [5.41, 5.74) is 3.69. The van der Waals surface area contributed by atoms with Crippen molar-refractivity contribution in [2.45, 2.75) is 45.4 Å². The average molecular weight is 356 g/mol. The fourth-order valence-corrected chi connectivity index (χ4v) is 5.43. The summed E-state index contributed by atoms with van der Waals surface area (Å²) in [5, 5.41) is 3.40. The first-order chi connectivity index (χ1) is 11.9. The maximum atomic E-state index is 14.0. The van der Waals surface area contributed by atoms with Crippen molar-refractivity contribution in [2.75, 3.05) is 5.32 Å². The van der Waals surface area contributed by atoms with Crippen LogP contribution >= 0.6 is 11.3 Å². The standard InChI is InChI=1S/C20H21FN2OS/c1-4-20(12-6-5-7-13(21)8-12)16-14(9-19(2,3)10-15(16)24)23-18-17(20)25-11-22-18/h5-8,11,23H,4,9-10H2,1-3H3/t20-/m0/s1. The molecule has 3 nitrogen and oxygen atoms in total. The van der Waals surface area contributed by atoms with Crippen LogP contribution in [0.15, 0.2) is 41.0 Å². The Labute approximate surface area is 151 Å². The van der Waals surface area contributed by atoms with E-state index in [4.69, 9.17) is 0 Å². The van der Waals surface area contributed by atoms with Crippen LogP contribution in [0.4, 0.5) is 10.2 Å². The van der Waals surface area contributed by atoms with Gasteiger partial charge in [0.1, 0.15) is 11.6 Å². The zero-order valence-corrected chi connectivity index (χ0v) is 15.5. The molecule has 5 heteroatoms. The molecule has 0 spiro atoms. The lowest BCUT2D eigenvalue weighted by molar-refractivity contribution is -0.118. The Hall–Kier alpha value is -2.01. The predicted molar refractivity (Wildman–Crippen MR) is 98.3 cm³/mol. The first-order valence-electron chi connectivity index (χ1n) is 8.61. The van der Waals surface area contributed by atoms with Crippen LogP contribution in [0.25, 0.3) is 0 Å². The first-order valence-corrected chi connectivity index (χ1v) is 9.49.